The molecule has 8 heteroatoms. The summed E-state index contributed by atoms with van der Waals surface area (Å²) in [5.74, 6) is -0.686. The second-order valence-corrected chi connectivity index (χ2v) is 6.92. The molecule has 0 saturated heterocycles. The van der Waals surface area contributed by atoms with Crippen LogP contribution >= 0.6 is 12.2 Å². The molecular formula is C13H19N3O3S2. The van der Waals surface area contributed by atoms with E-state index in [4.69, 9.17) is 23.7 Å². The van der Waals surface area contributed by atoms with Crippen molar-refractivity contribution in [3.8, 4) is 0 Å². The van der Waals surface area contributed by atoms with Gasteiger partial charge in [0.2, 0.25) is 15.9 Å². The van der Waals surface area contributed by atoms with E-state index in [1.807, 2.05) is 6.92 Å². The molecular weight excluding hydrogens is 310 g/mol. The quantitative estimate of drug-likeness (QED) is 0.679. The Balaban J connectivity index is 3.08. The third-order valence-corrected chi connectivity index (χ3v) is 4.96. The number of sulfonamides is 1. The first-order valence-corrected chi connectivity index (χ1v) is 8.32. The van der Waals surface area contributed by atoms with Gasteiger partial charge in [0.1, 0.15) is 4.99 Å². The minimum atomic E-state index is -3.76. The lowest BCUT2D eigenvalue weighted by molar-refractivity contribution is -0.118. The van der Waals surface area contributed by atoms with Crippen LogP contribution in [-0.2, 0) is 14.8 Å². The van der Waals surface area contributed by atoms with Gasteiger partial charge in [-0.05, 0) is 18.6 Å². The summed E-state index contributed by atoms with van der Waals surface area (Å²) in [6, 6.07) is 5.92. The highest BCUT2D eigenvalue weighted by molar-refractivity contribution is 7.89. The third kappa shape index (κ3) is 4.76. The number of benzene rings is 1. The van der Waals surface area contributed by atoms with Crippen LogP contribution in [0.3, 0.4) is 0 Å². The van der Waals surface area contributed by atoms with Crippen molar-refractivity contribution in [2.45, 2.75) is 24.7 Å². The number of thiocarbonyl (C=S) groups is 1. The number of hydrogen-bond acceptors (Lipinski definition) is 4. The number of nitrogens with two attached hydrogens (primary N) is 2. The Hall–Kier alpha value is -1.51. The molecule has 1 aromatic rings. The molecule has 0 bridgehead atoms. The molecule has 0 aliphatic carbocycles. The van der Waals surface area contributed by atoms with Crippen molar-refractivity contribution in [2.75, 3.05) is 13.1 Å². The zero-order chi connectivity index (χ0) is 16.0. The van der Waals surface area contributed by atoms with Crippen molar-refractivity contribution < 1.29 is 13.2 Å². The molecule has 1 amide bonds. The summed E-state index contributed by atoms with van der Waals surface area (Å²) in [4.78, 5) is 11.4. The fourth-order valence-corrected chi connectivity index (χ4v) is 3.31. The maximum absolute atomic E-state index is 12.5. The monoisotopic (exact) mass is 329 g/mol. The Bertz CT molecular complexity index is 612. The second-order valence-electron chi connectivity index (χ2n) is 4.55. The largest absolute Gasteiger partial charge is 0.389 e. The minimum absolute atomic E-state index is 0.0832. The van der Waals surface area contributed by atoms with E-state index >= 15 is 0 Å². The van der Waals surface area contributed by atoms with E-state index in [0.717, 1.165) is 10.7 Å². The molecule has 1 rings (SSSR count). The fraction of sp³-hybridized carbons (Fsp3) is 0.385. The van der Waals surface area contributed by atoms with E-state index in [1.54, 1.807) is 0 Å². The minimum Gasteiger partial charge on any atom is -0.389 e. The molecule has 6 nitrogen and oxygen atoms in total. The molecule has 0 spiro atoms. The van der Waals surface area contributed by atoms with E-state index in [-0.39, 0.29) is 23.0 Å². The molecule has 0 atom stereocenters. The van der Waals surface area contributed by atoms with Gasteiger partial charge in [-0.2, -0.15) is 4.31 Å². The summed E-state index contributed by atoms with van der Waals surface area (Å²) in [5, 5.41) is 0. The molecule has 4 N–H and O–H groups in total. The third-order valence-electron chi connectivity index (χ3n) is 2.87. The van der Waals surface area contributed by atoms with Crippen LogP contribution in [0, 0.1) is 0 Å². The highest BCUT2D eigenvalue weighted by Gasteiger charge is 2.25. The van der Waals surface area contributed by atoms with Crippen LogP contribution in [-0.4, -0.2) is 36.7 Å². The Morgan fingerprint density at radius 2 is 1.81 bits per heavy atom. The van der Waals surface area contributed by atoms with Crippen LogP contribution < -0.4 is 11.5 Å². The number of hydrogen-bond donors (Lipinski definition) is 2. The van der Waals surface area contributed by atoms with Gasteiger partial charge in [-0.25, -0.2) is 8.42 Å². The number of amides is 1. The Kier molecular flexibility index (Phi) is 6.25. The van der Waals surface area contributed by atoms with Crippen molar-refractivity contribution in [1.82, 2.24) is 4.31 Å². The Morgan fingerprint density at radius 3 is 2.24 bits per heavy atom. The summed E-state index contributed by atoms with van der Waals surface area (Å²) in [6.07, 6.45) is 1.46. The molecule has 0 aliphatic heterocycles. The van der Waals surface area contributed by atoms with Crippen molar-refractivity contribution >= 4 is 33.1 Å². The Labute approximate surface area is 130 Å². The zero-order valence-electron chi connectivity index (χ0n) is 11.8. The lowest BCUT2D eigenvalue weighted by Crippen LogP contribution is -2.39. The number of rotatable bonds is 8. The van der Waals surface area contributed by atoms with Crippen molar-refractivity contribution in [2.24, 2.45) is 11.5 Å². The van der Waals surface area contributed by atoms with Crippen LogP contribution in [0.4, 0.5) is 0 Å². The van der Waals surface area contributed by atoms with Crippen LogP contribution in [0.5, 0.6) is 0 Å². The fourth-order valence-electron chi connectivity index (χ4n) is 1.73. The van der Waals surface area contributed by atoms with Gasteiger partial charge >= 0.3 is 0 Å². The van der Waals surface area contributed by atoms with Crippen molar-refractivity contribution in [1.29, 1.82) is 0 Å². The van der Waals surface area contributed by atoms with E-state index in [9.17, 15) is 13.2 Å². The number of carbonyl (C=O) groups excluding carboxylic acids is 1. The van der Waals surface area contributed by atoms with E-state index in [1.165, 1.54) is 24.3 Å². The maximum Gasteiger partial charge on any atom is 0.243 e. The molecule has 1 aromatic carbocycles. The molecule has 21 heavy (non-hydrogen) atoms. The maximum atomic E-state index is 12.5. The van der Waals surface area contributed by atoms with Gasteiger partial charge in [0.15, 0.2) is 0 Å². The summed E-state index contributed by atoms with van der Waals surface area (Å²) in [7, 11) is -3.76. The number of primary amides is 1. The van der Waals surface area contributed by atoms with Gasteiger partial charge in [0.05, 0.1) is 11.4 Å². The lowest BCUT2D eigenvalue weighted by atomic mass is 10.2. The average Bonchev–Trinajstić information content (AvgIpc) is 2.43. The van der Waals surface area contributed by atoms with E-state index in [0.29, 0.717) is 12.0 Å². The van der Waals surface area contributed by atoms with Crippen LogP contribution in [0.1, 0.15) is 25.3 Å². The normalized spacial score (nSPS) is 11.5. The zero-order valence-corrected chi connectivity index (χ0v) is 13.4. The van der Waals surface area contributed by atoms with Gasteiger partial charge in [-0.3, -0.25) is 4.79 Å². The van der Waals surface area contributed by atoms with Crippen LogP contribution in [0.2, 0.25) is 0 Å². The van der Waals surface area contributed by atoms with E-state index in [2.05, 4.69) is 0 Å². The topological polar surface area (TPSA) is 106 Å². The first kappa shape index (κ1) is 17.5. The molecule has 0 saturated carbocycles. The predicted octanol–water partition coefficient (Wildman–Crippen LogP) is 0.597. The van der Waals surface area contributed by atoms with Gasteiger partial charge in [-0.15, -0.1) is 0 Å². The predicted molar refractivity (Wildman–Crippen MR) is 85.2 cm³/mol. The van der Waals surface area contributed by atoms with Gasteiger partial charge in [0.25, 0.3) is 0 Å². The van der Waals surface area contributed by atoms with E-state index < -0.39 is 15.9 Å². The highest BCUT2D eigenvalue weighted by atomic mass is 32.2. The van der Waals surface area contributed by atoms with Crippen LogP contribution in [0.25, 0.3) is 0 Å². The number of nitrogens with zero attached hydrogens (tertiary/aromatic N) is 1. The second kappa shape index (κ2) is 7.48. The smallest absolute Gasteiger partial charge is 0.243 e. The molecule has 0 fully saturated rings. The van der Waals surface area contributed by atoms with Gasteiger partial charge in [-0.1, -0.05) is 37.7 Å². The molecule has 116 valence electrons. The molecule has 0 unspecified atom stereocenters. The lowest BCUT2D eigenvalue weighted by Gasteiger charge is -2.20. The summed E-state index contributed by atoms with van der Waals surface area (Å²) in [6.45, 7) is 1.85. The molecule has 0 aliphatic rings. The van der Waals surface area contributed by atoms with Gasteiger partial charge < -0.3 is 11.5 Å². The standard InChI is InChI=1S/C13H19N3O3S2/c1-2-3-8-16(9-12(14)17)21(18,19)11-6-4-10(5-7-11)13(15)20/h4-7H,2-3,8-9H2,1H3,(H2,14,17)(H2,15,20). The summed E-state index contributed by atoms with van der Waals surface area (Å²) in [5.41, 5.74) is 11.2. The highest BCUT2D eigenvalue weighted by Crippen LogP contribution is 2.17. The average molecular weight is 329 g/mol. The summed E-state index contributed by atoms with van der Waals surface area (Å²) >= 11 is 4.82. The Morgan fingerprint density at radius 1 is 1.24 bits per heavy atom. The first-order valence-electron chi connectivity index (χ1n) is 6.47. The van der Waals surface area contributed by atoms with Crippen molar-refractivity contribution in [3.63, 3.8) is 0 Å². The SMILES string of the molecule is CCCCN(CC(N)=O)S(=O)(=O)c1ccc(C(N)=S)cc1. The number of unbranched alkanes of at least 4 members (excludes halogenated alkanes) is 1. The molecule has 0 heterocycles. The van der Waals surface area contributed by atoms with Crippen LogP contribution in [0.15, 0.2) is 29.2 Å². The number of carbonyl (C=O) groups is 1. The summed E-state index contributed by atoms with van der Waals surface area (Å²) < 4.78 is 26.1. The van der Waals surface area contributed by atoms with Gasteiger partial charge in [0, 0.05) is 12.1 Å². The van der Waals surface area contributed by atoms with Crippen molar-refractivity contribution in [3.05, 3.63) is 29.8 Å². The molecule has 0 aromatic heterocycles. The first-order chi connectivity index (χ1) is 9.78. The molecule has 0 radical (unpaired) electrons.